The summed E-state index contributed by atoms with van der Waals surface area (Å²) in [7, 11) is 3.25. The van der Waals surface area contributed by atoms with Gasteiger partial charge < -0.3 is 14.8 Å². The van der Waals surface area contributed by atoms with E-state index in [1.54, 1.807) is 19.3 Å². The Morgan fingerprint density at radius 3 is 2.81 bits per heavy atom. The number of nitrogens with zero attached hydrogens (tertiary/aromatic N) is 2. The number of methoxy groups -OCH3 is 1. The molecule has 0 aliphatic rings. The molecule has 110 valence electrons. The van der Waals surface area contributed by atoms with E-state index in [2.05, 4.69) is 10.3 Å². The number of benzene rings is 1. The molecule has 2 aromatic rings. The predicted molar refractivity (Wildman–Crippen MR) is 77.8 cm³/mol. The molecule has 2 rings (SSSR count). The third-order valence-electron chi connectivity index (χ3n) is 2.84. The highest BCUT2D eigenvalue weighted by Gasteiger charge is 2.16. The standard InChI is InChI=1S/C14H15N3O4/c1-15-10-5-6-16-11(7-10)9-21-14-4-3-12(20-2)8-13(14)17(18)19/h3-8H,9H2,1-2H3,(H,15,16). The average Bonchev–Trinajstić information content (AvgIpc) is 2.52. The van der Waals surface area contributed by atoms with Gasteiger partial charge in [0.25, 0.3) is 0 Å². The Balaban J connectivity index is 2.17. The van der Waals surface area contributed by atoms with Crippen LogP contribution in [0.15, 0.2) is 36.5 Å². The van der Waals surface area contributed by atoms with Crippen LogP contribution in [0.25, 0.3) is 0 Å². The number of hydrogen-bond acceptors (Lipinski definition) is 6. The minimum Gasteiger partial charge on any atom is -0.496 e. The summed E-state index contributed by atoms with van der Waals surface area (Å²) in [5, 5.41) is 14.0. The highest BCUT2D eigenvalue weighted by molar-refractivity contribution is 5.51. The zero-order chi connectivity index (χ0) is 15.2. The summed E-state index contributed by atoms with van der Waals surface area (Å²) in [5.74, 6) is 0.585. The number of aromatic nitrogens is 1. The highest BCUT2D eigenvalue weighted by atomic mass is 16.6. The zero-order valence-corrected chi connectivity index (χ0v) is 11.7. The van der Waals surface area contributed by atoms with Crippen molar-refractivity contribution >= 4 is 11.4 Å². The monoisotopic (exact) mass is 289 g/mol. The van der Waals surface area contributed by atoms with Crippen LogP contribution in [0, 0.1) is 10.1 Å². The van der Waals surface area contributed by atoms with Gasteiger partial charge in [-0.1, -0.05) is 0 Å². The first kappa shape index (κ1) is 14.6. The Kier molecular flexibility index (Phi) is 4.55. The lowest BCUT2D eigenvalue weighted by Gasteiger charge is -2.08. The van der Waals surface area contributed by atoms with Gasteiger partial charge >= 0.3 is 5.69 Å². The lowest BCUT2D eigenvalue weighted by molar-refractivity contribution is -0.386. The number of rotatable bonds is 6. The predicted octanol–water partition coefficient (Wildman–Crippen LogP) is 2.62. The van der Waals surface area contributed by atoms with Crippen molar-refractivity contribution in [2.24, 2.45) is 0 Å². The Hall–Kier alpha value is -2.83. The first-order valence-corrected chi connectivity index (χ1v) is 6.22. The van der Waals surface area contributed by atoms with Crippen LogP contribution in [0.5, 0.6) is 11.5 Å². The van der Waals surface area contributed by atoms with E-state index in [0.717, 1.165) is 5.69 Å². The maximum Gasteiger partial charge on any atom is 0.314 e. The Morgan fingerprint density at radius 1 is 1.33 bits per heavy atom. The molecule has 0 amide bonds. The lowest BCUT2D eigenvalue weighted by atomic mass is 10.2. The van der Waals surface area contributed by atoms with Gasteiger partial charge in [-0.3, -0.25) is 15.1 Å². The van der Waals surface area contributed by atoms with Crippen molar-refractivity contribution in [2.45, 2.75) is 6.61 Å². The number of pyridine rings is 1. The number of hydrogen-bond donors (Lipinski definition) is 1. The summed E-state index contributed by atoms with van der Waals surface area (Å²) in [5.41, 5.74) is 1.43. The van der Waals surface area contributed by atoms with Gasteiger partial charge in [0.05, 0.1) is 23.8 Å². The van der Waals surface area contributed by atoms with E-state index in [4.69, 9.17) is 9.47 Å². The van der Waals surface area contributed by atoms with Crippen molar-refractivity contribution in [3.8, 4) is 11.5 Å². The largest absolute Gasteiger partial charge is 0.496 e. The second-order valence-corrected chi connectivity index (χ2v) is 4.17. The molecular formula is C14H15N3O4. The average molecular weight is 289 g/mol. The topological polar surface area (TPSA) is 86.5 Å². The molecule has 1 aromatic carbocycles. The molecule has 0 unspecified atom stereocenters. The lowest BCUT2D eigenvalue weighted by Crippen LogP contribution is -2.02. The number of nitro benzene ring substituents is 1. The second-order valence-electron chi connectivity index (χ2n) is 4.17. The zero-order valence-electron chi connectivity index (χ0n) is 11.7. The van der Waals surface area contributed by atoms with Crippen LogP contribution in [0.3, 0.4) is 0 Å². The normalized spacial score (nSPS) is 10.0. The fraction of sp³-hybridized carbons (Fsp3) is 0.214. The van der Waals surface area contributed by atoms with E-state index in [-0.39, 0.29) is 18.0 Å². The molecule has 1 aromatic heterocycles. The Labute approximate surface area is 121 Å². The third kappa shape index (κ3) is 3.59. The molecule has 0 saturated carbocycles. The van der Waals surface area contributed by atoms with E-state index in [0.29, 0.717) is 11.4 Å². The molecule has 0 atom stereocenters. The summed E-state index contributed by atoms with van der Waals surface area (Å²) in [6, 6.07) is 8.08. The van der Waals surface area contributed by atoms with Crippen molar-refractivity contribution in [2.75, 3.05) is 19.5 Å². The molecular weight excluding hydrogens is 274 g/mol. The van der Waals surface area contributed by atoms with Gasteiger partial charge in [-0.25, -0.2) is 0 Å². The number of nitrogens with one attached hydrogen (secondary N) is 1. The van der Waals surface area contributed by atoms with Crippen molar-refractivity contribution in [3.05, 3.63) is 52.3 Å². The Morgan fingerprint density at radius 2 is 2.14 bits per heavy atom. The SMILES string of the molecule is CNc1ccnc(COc2ccc(OC)cc2[N+](=O)[O-])c1. The third-order valence-corrected chi connectivity index (χ3v) is 2.84. The van der Waals surface area contributed by atoms with Gasteiger partial charge in [0.1, 0.15) is 12.4 Å². The first-order valence-electron chi connectivity index (χ1n) is 6.22. The van der Waals surface area contributed by atoms with Gasteiger partial charge in [0, 0.05) is 18.9 Å². The van der Waals surface area contributed by atoms with Crippen LogP contribution in [0.2, 0.25) is 0 Å². The Bertz CT molecular complexity index is 646. The van der Waals surface area contributed by atoms with E-state index in [1.807, 2.05) is 12.1 Å². The van der Waals surface area contributed by atoms with Gasteiger partial charge in [-0.15, -0.1) is 0 Å². The summed E-state index contributed by atoms with van der Waals surface area (Å²) >= 11 is 0. The van der Waals surface area contributed by atoms with E-state index in [1.165, 1.54) is 19.2 Å². The summed E-state index contributed by atoms with van der Waals surface area (Å²) in [4.78, 5) is 14.7. The van der Waals surface area contributed by atoms with E-state index >= 15 is 0 Å². The van der Waals surface area contributed by atoms with Gasteiger partial charge in [-0.05, 0) is 24.3 Å². The van der Waals surface area contributed by atoms with Crippen molar-refractivity contribution < 1.29 is 14.4 Å². The number of ether oxygens (including phenoxy) is 2. The fourth-order valence-corrected chi connectivity index (χ4v) is 1.75. The number of nitro groups is 1. The first-order chi connectivity index (χ1) is 10.1. The van der Waals surface area contributed by atoms with Crippen molar-refractivity contribution in [3.63, 3.8) is 0 Å². The van der Waals surface area contributed by atoms with Crippen LogP contribution in [0.1, 0.15) is 5.69 Å². The molecule has 1 heterocycles. The molecule has 7 nitrogen and oxygen atoms in total. The van der Waals surface area contributed by atoms with Crippen LogP contribution in [-0.4, -0.2) is 24.1 Å². The fourth-order valence-electron chi connectivity index (χ4n) is 1.75. The van der Waals surface area contributed by atoms with Gasteiger partial charge in [0.2, 0.25) is 0 Å². The van der Waals surface area contributed by atoms with E-state index in [9.17, 15) is 10.1 Å². The van der Waals surface area contributed by atoms with Crippen LogP contribution < -0.4 is 14.8 Å². The summed E-state index contributed by atoms with van der Waals surface area (Å²) < 4.78 is 10.5. The summed E-state index contributed by atoms with van der Waals surface area (Å²) in [6.07, 6.45) is 1.65. The summed E-state index contributed by atoms with van der Waals surface area (Å²) in [6.45, 7) is 0.142. The molecule has 1 N–H and O–H groups in total. The molecule has 0 bridgehead atoms. The molecule has 0 saturated heterocycles. The van der Waals surface area contributed by atoms with Gasteiger partial charge in [0.15, 0.2) is 5.75 Å². The van der Waals surface area contributed by atoms with Crippen LogP contribution in [-0.2, 0) is 6.61 Å². The highest BCUT2D eigenvalue weighted by Crippen LogP contribution is 2.31. The minimum absolute atomic E-state index is 0.140. The van der Waals surface area contributed by atoms with Crippen LogP contribution >= 0.6 is 0 Å². The van der Waals surface area contributed by atoms with Crippen molar-refractivity contribution in [1.29, 1.82) is 0 Å². The molecule has 0 aliphatic carbocycles. The van der Waals surface area contributed by atoms with Crippen molar-refractivity contribution in [1.82, 2.24) is 4.98 Å². The molecule has 21 heavy (non-hydrogen) atoms. The molecule has 7 heteroatoms. The number of anilines is 1. The molecule has 0 radical (unpaired) electrons. The molecule has 0 aliphatic heterocycles. The minimum atomic E-state index is -0.505. The maximum absolute atomic E-state index is 11.0. The van der Waals surface area contributed by atoms with Gasteiger partial charge in [-0.2, -0.15) is 0 Å². The maximum atomic E-state index is 11.0. The van der Waals surface area contributed by atoms with E-state index < -0.39 is 4.92 Å². The second kappa shape index (κ2) is 6.56. The quantitative estimate of drug-likeness (QED) is 0.649. The molecule has 0 fully saturated rings. The molecule has 0 spiro atoms. The smallest absolute Gasteiger partial charge is 0.314 e. The van der Waals surface area contributed by atoms with Crippen LogP contribution in [0.4, 0.5) is 11.4 Å².